The van der Waals surface area contributed by atoms with Crippen molar-refractivity contribution in [2.24, 2.45) is 11.3 Å². The Hall–Kier alpha value is -0.650. The van der Waals surface area contributed by atoms with E-state index in [4.69, 9.17) is 14.6 Å². The minimum Gasteiger partial charge on any atom is -0.396 e. The van der Waals surface area contributed by atoms with Gasteiger partial charge in [-0.2, -0.15) is 0 Å². The average molecular weight is 327 g/mol. The summed E-state index contributed by atoms with van der Waals surface area (Å²) in [5.74, 6) is 0.278. The number of nitrogens with zero attached hydrogens (tertiary/aromatic N) is 1. The molecule has 0 aromatic carbocycles. The van der Waals surface area contributed by atoms with Gasteiger partial charge in [0.25, 0.3) is 0 Å². The van der Waals surface area contributed by atoms with Gasteiger partial charge in [-0.25, -0.2) is 0 Å². The van der Waals surface area contributed by atoms with Gasteiger partial charge in [-0.15, -0.1) is 0 Å². The van der Waals surface area contributed by atoms with Gasteiger partial charge in [-0.05, 0) is 31.1 Å². The van der Waals surface area contributed by atoms with Crippen molar-refractivity contribution in [1.29, 1.82) is 0 Å². The fraction of sp³-hybridized carbons (Fsp3) is 0.944. The number of hydrogen-bond acceptors (Lipinski definition) is 4. The van der Waals surface area contributed by atoms with E-state index >= 15 is 0 Å². The van der Waals surface area contributed by atoms with Crippen LogP contribution in [0, 0.1) is 11.3 Å². The normalized spacial score (nSPS) is 31.5. The molecular weight excluding hydrogens is 294 g/mol. The van der Waals surface area contributed by atoms with Gasteiger partial charge in [0.15, 0.2) is 5.79 Å². The van der Waals surface area contributed by atoms with Gasteiger partial charge in [0.05, 0.1) is 13.2 Å². The van der Waals surface area contributed by atoms with E-state index in [1.807, 2.05) is 6.92 Å². The summed E-state index contributed by atoms with van der Waals surface area (Å²) in [4.78, 5) is 13.7. The smallest absolute Gasteiger partial charge is 0.224 e. The molecule has 1 saturated carbocycles. The molecule has 5 heteroatoms. The first-order valence-electron chi connectivity index (χ1n) is 9.00. The second kappa shape index (κ2) is 7.49. The lowest BCUT2D eigenvalue weighted by Crippen LogP contribution is -2.41. The third-order valence-corrected chi connectivity index (χ3v) is 5.37. The van der Waals surface area contributed by atoms with Gasteiger partial charge in [0, 0.05) is 32.4 Å². The average Bonchev–Trinajstić information content (AvgIpc) is 2.87. The highest BCUT2D eigenvalue weighted by Gasteiger charge is 2.46. The SMILES string of the molecule is CCN(CC1COC2(CCC(C(C)(C)C)CC2)O1)C(=O)CCO. The van der Waals surface area contributed by atoms with Gasteiger partial charge in [0.1, 0.15) is 6.10 Å². The Labute approximate surface area is 140 Å². The number of hydrogen-bond donors (Lipinski definition) is 1. The lowest BCUT2D eigenvalue weighted by molar-refractivity contribution is -0.198. The predicted molar refractivity (Wildman–Crippen MR) is 88.9 cm³/mol. The summed E-state index contributed by atoms with van der Waals surface area (Å²) < 4.78 is 12.3. The van der Waals surface area contributed by atoms with Crippen LogP contribution in [0.25, 0.3) is 0 Å². The molecule has 0 aromatic rings. The molecule has 1 N–H and O–H groups in total. The lowest BCUT2D eigenvalue weighted by Gasteiger charge is -2.41. The number of rotatable bonds is 5. The molecule has 23 heavy (non-hydrogen) atoms. The van der Waals surface area contributed by atoms with Crippen molar-refractivity contribution in [3.8, 4) is 0 Å². The van der Waals surface area contributed by atoms with Crippen molar-refractivity contribution in [3.05, 3.63) is 0 Å². The maximum Gasteiger partial charge on any atom is 0.224 e. The van der Waals surface area contributed by atoms with Crippen molar-refractivity contribution >= 4 is 5.91 Å². The van der Waals surface area contributed by atoms with Crippen LogP contribution in [0.3, 0.4) is 0 Å². The van der Waals surface area contributed by atoms with E-state index in [9.17, 15) is 4.79 Å². The zero-order chi connectivity index (χ0) is 17.1. The van der Waals surface area contributed by atoms with Crippen LogP contribution < -0.4 is 0 Å². The largest absolute Gasteiger partial charge is 0.396 e. The third-order valence-electron chi connectivity index (χ3n) is 5.37. The van der Waals surface area contributed by atoms with Crippen molar-refractivity contribution in [2.75, 3.05) is 26.3 Å². The van der Waals surface area contributed by atoms with Crippen LogP contribution in [0.2, 0.25) is 0 Å². The van der Waals surface area contributed by atoms with Crippen molar-refractivity contribution in [1.82, 2.24) is 4.90 Å². The molecule has 1 spiro atoms. The van der Waals surface area contributed by atoms with Gasteiger partial charge in [0.2, 0.25) is 5.91 Å². The number of carbonyl (C=O) groups excluding carboxylic acids is 1. The van der Waals surface area contributed by atoms with Crippen LogP contribution in [0.1, 0.15) is 59.8 Å². The van der Waals surface area contributed by atoms with E-state index in [0.29, 0.717) is 25.1 Å². The fourth-order valence-corrected chi connectivity index (χ4v) is 3.80. The van der Waals surface area contributed by atoms with E-state index in [-0.39, 0.29) is 25.0 Å². The Balaban J connectivity index is 1.85. The first-order chi connectivity index (χ1) is 10.8. The Kier molecular flexibility index (Phi) is 6.09. The quantitative estimate of drug-likeness (QED) is 0.843. The number of aliphatic hydroxyl groups is 1. The van der Waals surface area contributed by atoms with Crippen LogP contribution in [0.4, 0.5) is 0 Å². The molecule has 1 amide bonds. The summed E-state index contributed by atoms with van der Waals surface area (Å²) in [6.07, 6.45) is 4.29. The molecule has 5 nitrogen and oxygen atoms in total. The van der Waals surface area contributed by atoms with E-state index < -0.39 is 5.79 Å². The minimum atomic E-state index is -0.425. The fourth-order valence-electron chi connectivity index (χ4n) is 3.80. The molecule has 1 aliphatic carbocycles. The summed E-state index contributed by atoms with van der Waals surface area (Å²) in [5, 5.41) is 8.93. The van der Waals surface area contributed by atoms with Crippen molar-refractivity contribution in [3.63, 3.8) is 0 Å². The number of amides is 1. The maximum absolute atomic E-state index is 12.0. The van der Waals surface area contributed by atoms with E-state index in [1.54, 1.807) is 4.90 Å². The highest BCUT2D eigenvalue weighted by atomic mass is 16.7. The van der Waals surface area contributed by atoms with Crippen LogP contribution >= 0.6 is 0 Å². The van der Waals surface area contributed by atoms with E-state index in [0.717, 1.165) is 31.6 Å². The molecule has 134 valence electrons. The van der Waals surface area contributed by atoms with Crippen molar-refractivity contribution in [2.45, 2.75) is 71.7 Å². The highest BCUT2D eigenvalue weighted by molar-refractivity contribution is 5.76. The molecule has 0 bridgehead atoms. The maximum atomic E-state index is 12.0. The zero-order valence-corrected chi connectivity index (χ0v) is 15.1. The molecule has 2 fully saturated rings. The topological polar surface area (TPSA) is 59.0 Å². The van der Waals surface area contributed by atoms with Crippen LogP contribution in [-0.4, -0.2) is 54.1 Å². The van der Waals surface area contributed by atoms with Crippen molar-refractivity contribution < 1.29 is 19.4 Å². The minimum absolute atomic E-state index is 0.0176. The van der Waals surface area contributed by atoms with Crippen LogP contribution in [-0.2, 0) is 14.3 Å². The molecule has 1 aliphatic heterocycles. The molecule has 1 saturated heterocycles. The van der Waals surface area contributed by atoms with Gasteiger partial charge >= 0.3 is 0 Å². The van der Waals surface area contributed by atoms with E-state index in [1.165, 1.54) is 0 Å². The lowest BCUT2D eigenvalue weighted by atomic mass is 9.71. The predicted octanol–water partition coefficient (Wildman–Crippen LogP) is 2.57. The first kappa shape index (κ1) is 18.7. The van der Waals surface area contributed by atoms with Gasteiger partial charge in [-0.3, -0.25) is 4.79 Å². The molecule has 2 aliphatic rings. The third kappa shape index (κ3) is 4.68. The van der Waals surface area contributed by atoms with E-state index in [2.05, 4.69) is 20.8 Å². The Morgan fingerprint density at radius 2 is 1.96 bits per heavy atom. The van der Waals surface area contributed by atoms with Crippen LogP contribution in [0.5, 0.6) is 0 Å². The molecule has 1 heterocycles. The molecular formula is C18H33NO4. The van der Waals surface area contributed by atoms with Crippen LogP contribution in [0.15, 0.2) is 0 Å². The molecule has 2 rings (SSSR count). The Morgan fingerprint density at radius 1 is 1.30 bits per heavy atom. The number of carbonyl (C=O) groups is 1. The van der Waals surface area contributed by atoms with Gasteiger partial charge in [-0.1, -0.05) is 20.8 Å². The molecule has 1 unspecified atom stereocenters. The summed E-state index contributed by atoms with van der Waals surface area (Å²) >= 11 is 0. The standard InChI is InChI=1S/C18H33NO4/c1-5-19(16(21)8-11-20)12-15-13-22-18(23-15)9-6-14(7-10-18)17(2,3)4/h14-15,20H,5-13H2,1-4H3. The van der Waals surface area contributed by atoms with Gasteiger partial charge < -0.3 is 19.5 Å². The summed E-state index contributed by atoms with van der Waals surface area (Å²) in [7, 11) is 0. The monoisotopic (exact) mass is 327 g/mol. The zero-order valence-electron chi connectivity index (χ0n) is 15.1. The number of likely N-dealkylation sites (N-methyl/N-ethyl adjacent to an activating group) is 1. The number of aliphatic hydroxyl groups excluding tert-OH is 1. The molecule has 0 aromatic heterocycles. The number of ether oxygens (including phenoxy) is 2. The summed E-state index contributed by atoms with van der Waals surface area (Å²) in [6, 6.07) is 0. The molecule has 0 radical (unpaired) electrons. The first-order valence-corrected chi connectivity index (χ1v) is 9.00. The Morgan fingerprint density at radius 3 is 2.48 bits per heavy atom. The second-order valence-corrected chi connectivity index (χ2v) is 8.01. The highest BCUT2D eigenvalue weighted by Crippen LogP contribution is 2.45. The molecule has 1 atom stereocenters. The summed E-state index contributed by atoms with van der Waals surface area (Å²) in [5.41, 5.74) is 0.343. The summed E-state index contributed by atoms with van der Waals surface area (Å²) in [6.45, 7) is 10.5. The second-order valence-electron chi connectivity index (χ2n) is 8.01. The Bertz CT molecular complexity index is 396.